The quantitative estimate of drug-likeness (QED) is 0.0548. The molecule has 9 N–H and O–H groups in total. The fourth-order valence-corrected chi connectivity index (χ4v) is 14.5. The largest absolute Gasteiger partial charge is 0.508 e. The first-order valence-corrected chi connectivity index (χ1v) is 34.0. The van der Waals surface area contributed by atoms with Crippen molar-refractivity contribution in [1.82, 2.24) is 46.6 Å². The molecule has 25 nitrogen and oxygen atoms in total. The molecule has 0 aliphatic carbocycles. The highest BCUT2D eigenvalue weighted by Gasteiger charge is 2.43. The summed E-state index contributed by atoms with van der Waals surface area (Å²) in [6, 6.07) is 27.6. The van der Waals surface area contributed by atoms with Crippen molar-refractivity contribution in [2.24, 2.45) is 14.1 Å². The minimum absolute atomic E-state index is 0. The van der Waals surface area contributed by atoms with Crippen molar-refractivity contribution in [2.75, 3.05) is 37.1 Å². The number of benzene rings is 6. The zero-order valence-electron chi connectivity index (χ0n) is 51.2. The molecule has 0 spiro atoms. The molecule has 3 saturated heterocycles. The van der Waals surface area contributed by atoms with E-state index in [1.165, 1.54) is 80.6 Å². The summed E-state index contributed by atoms with van der Waals surface area (Å²) in [6.07, 6.45) is 7.13. The van der Waals surface area contributed by atoms with Crippen LogP contribution in [-0.4, -0.2) is 137 Å². The molecule has 0 bridgehead atoms. The van der Waals surface area contributed by atoms with Crippen LogP contribution in [-0.2, 0) is 59.1 Å². The number of hydrogen-bond donors (Lipinski definition) is 9. The second-order valence-electron chi connectivity index (χ2n) is 22.0. The molecule has 0 radical (unpaired) electrons. The van der Waals surface area contributed by atoms with E-state index < -0.39 is 109 Å². The molecular weight excluding hydrogens is 1400 g/mol. The molecule has 0 saturated carbocycles. The highest BCUT2D eigenvalue weighted by molar-refractivity contribution is 7.87. The lowest BCUT2D eigenvalue weighted by atomic mass is 9.83. The van der Waals surface area contributed by atoms with Gasteiger partial charge in [0, 0.05) is 94.0 Å². The summed E-state index contributed by atoms with van der Waals surface area (Å²) in [6.45, 7) is 1.91. The summed E-state index contributed by atoms with van der Waals surface area (Å²) in [7, 11) is -5.56. The predicted octanol–water partition coefficient (Wildman–Crippen LogP) is 8.51. The second kappa shape index (κ2) is 34.3. The van der Waals surface area contributed by atoms with Crippen LogP contribution < -0.4 is 35.6 Å². The van der Waals surface area contributed by atoms with Crippen molar-refractivity contribution < 1.29 is 68.0 Å². The van der Waals surface area contributed by atoms with Gasteiger partial charge in [0.05, 0.1) is 27.3 Å². The van der Waals surface area contributed by atoms with Gasteiger partial charge in [-0.2, -0.15) is 62.5 Å². The topological polar surface area (TPSA) is 332 Å². The number of phenolic OH excluding ortho intramolecular Hbond substituents is 1. The zero-order chi connectivity index (χ0) is 69.4. The molecule has 6 unspecified atom stereocenters. The second-order valence-corrected chi connectivity index (χ2v) is 28.5. The highest BCUT2D eigenvalue weighted by Crippen LogP contribution is 2.34. The third-order valence-electron chi connectivity index (χ3n) is 15.2. The average molecular weight is 1480 g/mol. The van der Waals surface area contributed by atoms with Crippen LogP contribution in [0, 0.1) is 24.4 Å². The van der Waals surface area contributed by atoms with Crippen LogP contribution in [0.5, 0.6) is 5.75 Å². The van der Waals surface area contributed by atoms with Gasteiger partial charge in [-0.15, -0.1) is 0 Å². The van der Waals surface area contributed by atoms with Crippen LogP contribution >= 0.6 is 34.8 Å². The third kappa shape index (κ3) is 20.7. The Kier molecular flexibility index (Phi) is 28.3. The van der Waals surface area contributed by atoms with Crippen LogP contribution in [0.25, 0.3) is 11.1 Å². The van der Waals surface area contributed by atoms with E-state index in [1.54, 1.807) is 36.3 Å². The number of rotatable bonds is 11. The van der Waals surface area contributed by atoms with Gasteiger partial charge < -0.3 is 31.1 Å². The Bertz CT molecular complexity index is 4330. The number of likely N-dealkylation sites (N-methyl/N-ethyl adjacent to an activating group) is 3. The zero-order valence-corrected chi connectivity index (χ0v) is 56.0. The van der Waals surface area contributed by atoms with Crippen molar-refractivity contribution in [3.63, 3.8) is 0 Å². The molecule has 3 amide bonds. The maximum Gasteiger partial charge on any atom is 0.491 e. The Balaban J connectivity index is 0.000000246. The SMILES string of the molecule is C.C.C.CN1C(C(=O)Nc2ccc(F)c(Cl)c2)CC(c2cccc(-c3cnn(C)c3)c2)NS1(=O)=O.CN1C(C(=O)Nc2ccc(F)c(Cl)c2)CC(c2cccc(O)c2)NS1(=O)=O.Cc1cccc(C2CC(C(=O)Nc3ccc(F)c(Cl)c3)N(C)S(=O)(=O)N2)c1.Cn1cc(B(O)O)cn1. The first-order chi connectivity index (χ1) is 44.7. The lowest BCUT2D eigenvalue weighted by Gasteiger charge is -2.36. The summed E-state index contributed by atoms with van der Waals surface area (Å²) < 4.78 is 129. The Hall–Kier alpha value is -7.80. The van der Waals surface area contributed by atoms with Crippen LogP contribution in [0.1, 0.15) is 81.9 Å². The maximum absolute atomic E-state index is 13.4. The minimum Gasteiger partial charge on any atom is -0.508 e. The van der Waals surface area contributed by atoms with Gasteiger partial charge in [-0.3, -0.25) is 23.7 Å². The van der Waals surface area contributed by atoms with E-state index in [2.05, 4.69) is 40.3 Å². The molecule has 98 heavy (non-hydrogen) atoms. The Morgan fingerprint density at radius 1 is 0.500 bits per heavy atom. The molecule has 6 atom stereocenters. The number of amides is 3. The average Bonchev–Trinajstić information content (AvgIpc) is 0.869. The summed E-state index contributed by atoms with van der Waals surface area (Å²) in [5, 5.41) is 42.0. The van der Waals surface area contributed by atoms with Gasteiger partial charge in [-0.1, -0.05) is 117 Å². The molecule has 3 aliphatic rings. The molecule has 6 aromatic carbocycles. The van der Waals surface area contributed by atoms with E-state index >= 15 is 0 Å². The van der Waals surface area contributed by atoms with Crippen molar-refractivity contribution in [3.8, 4) is 16.9 Å². The number of aromatic hydroxyl groups is 1. The van der Waals surface area contributed by atoms with E-state index in [0.29, 0.717) is 16.7 Å². The molecule has 528 valence electrons. The molecule has 35 heteroatoms. The highest BCUT2D eigenvalue weighted by atomic mass is 35.5. The van der Waals surface area contributed by atoms with Gasteiger partial charge in [-0.25, -0.2) is 13.2 Å². The predicted molar refractivity (Wildman–Crippen MR) is 374 cm³/mol. The Morgan fingerprint density at radius 2 is 0.857 bits per heavy atom. The normalized spacial score (nSPS) is 20.0. The number of aromatic nitrogens is 4. The van der Waals surface area contributed by atoms with Gasteiger partial charge >= 0.3 is 7.12 Å². The molecular formula is C63H76BCl3F3N13O12S3. The first-order valence-electron chi connectivity index (χ1n) is 28.5. The van der Waals surface area contributed by atoms with E-state index in [0.717, 1.165) is 58.9 Å². The van der Waals surface area contributed by atoms with E-state index in [4.69, 9.17) is 44.9 Å². The van der Waals surface area contributed by atoms with Crippen LogP contribution in [0.15, 0.2) is 152 Å². The number of aryl methyl sites for hydroxylation is 3. The third-order valence-corrected chi connectivity index (χ3v) is 20.9. The Morgan fingerprint density at radius 3 is 1.18 bits per heavy atom. The smallest absolute Gasteiger partial charge is 0.491 e. The molecule has 3 aliphatic heterocycles. The van der Waals surface area contributed by atoms with Crippen molar-refractivity contribution in [2.45, 2.75) is 84.7 Å². The van der Waals surface area contributed by atoms with E-state index in [1.807, 2.05) is 68.7 Å². The Labute approximate surface area is 583 Å². The van der Waals surface area contributed by atoms with Crippen LogP contribution in [0.3, 0.4) is 0 Å². The molecule has 8 aromatic rings. The van der Waals surface area contributed by atoms with Crippen LogP contribution in [0.4, 0.5) is 30.2 Å². The lowest BCUT2D eigenvalue weighted by molar-refractivity contribution is -0.120. The monoisotopic (exact) mass is 1480 g/mol. The van der Waals surface area contributed by atoms with Gasteiger partial charge in [0.15, 0.2) is 0 Å². The summed E-state index contributed by atoms with van der Waals surface area (Å²) in [5.74, 6) is -3.46. The number of carbonyl (C=O) groups excluding carboxylic acids is 3. The van der Waals surface area contributed by atoms with Gasteiger partial charge in [-0.05, 0) is 121 Å². The van der Waals surface area contributed by atoms with Gasteiger partial charge in [0.25, 0.3) is 30.6 Å². The maximum atomic E-state index is 13.4. The van der Waals surface area contributed by atoms with E-state index in [9.17, 15) is 57.9 Å². The van der Waals surface area contributed by atoms with Crippen molar-refractivity contribution in [1.29, 1.82) is 0 Å². The number of hydrogen-bond acceptors (Lipinski definition) is 14. The van der Waals surface area contributed by atoms with Crippen molar-refractivity contribution >= 4 is 113 Å². The lowest BCUT2D eigenvalue weighted by Crippen LogP contribution is -2.55. The molecule has 2 aromatic heterocycles. The number of halogens is 6. The van der Waals surface area contributed by atoms with Gasteiger partial charge in [0.2, 0.25) is 17.7 Å². The molecule has 11 rings (SSSR count). The summed E-state index contributed by atoms with van der Waals surface area (Å²) in [5.41, 5.74) is 6.07. The number of anilines is 3. The minimum atomic E-state index is -3.92. The fourth-order valence-electron chi connectivity index (χ4n) is 10.1. The first kappa shape index (κ1) is 80.9. The van der Waals surface area contributed by atoms with E-state index in [-0.39, 0.29) is 73.7 Å². The van der Waals surface area contributed by atoms with Crippen molar-refractivity contribution in [3.05, 3.63) is 207 Å². The molecule has 3 fully saturated rings. The van der Waals surface area contributed by atoms with Gasteiger partial charge in [0.1, 0.15) is 41.3 Å². The molecule has 5 heterocycles. The number of nitrogens with one attached hydrogen (secondary N) is 6. The number of carbonyl (C=O) groups is 3. The standard InChI is InChI=1S/C21H21ClFN5O3S.C18H19ClFN3O3S.C17H17ClFN3O4S.C4H7BN2O2.3CH4/c1-27-12-15(11-24-27)13-4-3-5-14(8-13)19-10-20(28(2)32(30,31)26-19)21(29)25-16-6-7-18(23)17(22)9-16;1-11-4-3-5-12(8-11)16-10-17(23(2)27(25,26)22-16)18(24)21-13-6-7-15(20)14(19)9-13;1-22-16(17(24)20-11-5-6-14(19)13(18)8-11)9-15(21-27(22,25)26)10-3-2-4-12(23)7-10;1-7-3-4(2-6-7)5(8)9;;;/h3-9,11-12,19-20,26H,10H2,1-2H3,(H,25,29);3-9,16-17,22H,10H2,1-2H3,(H,21,24);2-8,15-16,21,23H,9H2,1H3,(H,20,24);2-3,8-9H,1H3;3*1H4. The van der Waals surface area contributed by atoms with Crippen LogP contribution in [0.2, 0.25) is 15.1 Å². The summed E-state index contributed by atoms with van der Waals surface area (Å²) in [4.78, 5) is 38.3. The fraction of sp³-hybridized carbons (Fsp3) is 0.286. The summed E-state index contributed by atoms with van der Waals surface area (Å²) >= 11 is 17.2. The number of phenols is 1. The number of nitrogens with zero attached hydrogens (tertiary/aromatic N) is 7.